The molecule has 5 heteroatoms. The number of halogens is 1. The Morgan fingerprint density at radius 3 is 2.87 bits per heavy atom. The fourth-order valence-electron chi connectivity index (χ4n) is 1.17. The third-order valence-corrected chi connectivity index (χ3v) is 4.20. The predicted molar refractivity (Wildman–Crippen MR) is 64.9 cm³/mol. The summed E-state index contributed by atoms with van der Waals surface area (Å²) >= 11 is 4.99. The van der Waals surface area contributed by atoms with E-state index >= 15 is 0 Å². The van der Waals surface area contributed by atoms with Crippen LogP contribution in [0.2, 0.25) is 0 Å². The number of carbonyl (C=O) groups is 1. The fraction of sp³-hybridized carbons (Fsp3) is 0.500. The van der Waals surface area contributed by atoms with Crippen LogP contribution in [0.25, 0.3) is 0 Å². The van der Waals surface area contributed by atoms with E-state index in [4.69, 9.17) is 10.5 Å². The lowest BCUT2D eigenvalue weighted by Gasteiger charge is -2.08. The van der Waals surface area contributed by atoms with Crippen molar-refractivity contribution in [2.75, 3.05) is 6.61 Å². The summed E-state index contributed by atoms with van der Waals surface area (Å²) in [7, 11) is 0. The first-order valence-corrected chi connectivity index (χ1v) is 6.32. The Morgan fingerprint density at radius 1 is 1.73 bits per heavy atom. The molecule has 15 heavy (non-hydrogen) atoms. The molecule has 1 heterocycles. The first-order valence-electron chi connectivity index (χ1n) is 4.71. The molecular formula is C10H14BrNO2S. The second-order valence-corrected chi connectivity index (χ2v) is 5.62. The van der Waals surface area contributed by atoms with Crippen molar-refractivity contribution in [1.29, 1.82) is 0 Å². The van der Waals surface area contributed by atoms with Gasteiger partial charge in [-0.2, -0.15) is 0 Å². The van der Waals surface area contributed by atoms with Crippen LogP contribution in [0.3, 0.4) is 0 Å². The van der Waals surface area contributed by atoms with Crippen molar-refractivity contribution in [3.05, 3.63) is 20.3 Å². The number of thiophene rings is 1. The predicted octanol–water partition coefficient (Wildman–Crippen LogP) is 2.77. The van der Waals surface area contributed by atoms with Gasteiger partial charge in [0.1, 0.15) is 0 Å². The Labute approximate surface area is 102 Å². The zero-order chi connectivity index (χ0) is 11.4. The zero-order valence-electron chi connectivity index (χ0n) is 8.75. The maximum atomic E-state index is 11.2. The van der Waals surface area contributed by atoms with Crippen molar-refractivity contribution in [2.45, 2.75) is 26.3 Å². The topological polar surface area (TPSA) is 52.3 Å². The number of hydrogen-bond donors (Lipinski definition) is 1. The van der Waals surface area contributed by atoms with Gasteiger partial charge in [-0.3, -0.25) is 4.79 Å². The minimum atomic E-state index is -0.265. The van der Waals surface area contributed by atoms with E-state index in [1.807, 2.05) is 13.0 Å². The molecule has 0 spiro atoms. The van der Waals surface area contributed by atoms with Crippen molar-refractivity contribution >= 4 is 33.2 Å². The van der Waals surface area contributed by atoms with Gasteiger partial charge < -0.3 is 10.5 Å². The van der Waals surface area contributed by atoms with Crippen molar-refractivity contribution in [3.8, 4) is 0 Å². The van der Waals surface area contributed by atoms with Gasteiger partial charge in [0.05, 0.1) is 16.8 Å². The lowest BCUT2D eigenvalue weighted by molar-refractivity contribution is -0.143. The summed E-state index contributed by atoms with van der Waals surface area (Å²) in [5.41, 5.74) is 7.04. The average molecular weight is 292 g/mol. The van der Waals surface area contributed by atoms with E-state index in [2.05, 4.69) is 15.9 Å². The highest BCUT2D eigenvalue weighted by Crippen LogP contribution is 2.31. The van der Waals surface area contributed by atoms with Gasteiger partial charge in [0.2, 0.25) is 0 Å². The molecule has 1 aromatic rings. The smallest absolute Gasteiger partial charge is 0.307 e. The largest absolute Gasteiger partial charge is 0.466 e. The minimum Gasteiger partial charge on any atom is -0.466 e. The Hall–Kier alpha value is -0.390. The van der Waals surface area contributed by atoms with Gasteiger partial charge in [0, 0.05) is 10.9 Å². The lowest BCUT2D eigenvalue weighted by atomic mass is 10.2. The normalized spacial score (nSPS) is 12.5. The van der Waals surface area contributed by atoms with Gasteiger partial charge in [-0.15, -0.1) is 11.3 Å². The van der Waals surface area contributed by atoms with Gasteiger partial charge in [0.15, 0.2) is 0 Å². The van der Waals surface area contributed by atoms with Gasteiger partial charge >= 0.3 is 5.97 Å². The number of nitrogens with two attached hydrogens (primary N) is 1. The summed E-state index contributed by atoms with van der Waals surface area (Å²) in [6.45, 7) is 4.19. The highest BCUT2D eigenvalue weighted by atomic mass is 79.9. The summed E-state index contributed by atoms with van der Waals surface area (Å²) in [5.74, 6) is -0.243. The van der Waals surface area contributed by atoms with Crippen LogP contribution in [0, 0.1) is 6.92 Å². The molecule has 84 valence electrons. The van der Waals surface area contributed by atoms with Crippen molar-refractivity contribution < 1.29 is 9.53 Å². The van der Waals surface area contributed by atoms with Crippen LogP contribution < -0.4 is 5.73 Å². The SMILES string of the molecule is CCOC(=O)C[C@H](N)c1cc(C)c(Br)s1. The maximum absolute atomic E-state index is 11.2. The Morgan fingerprint density at radius 2 is 2.40 bits per heavy atom. The lowest BCUT2D eigenvalue weighted by Crippen LogP contribution is -2.16. The molecule has 0 aliphatic heterocycles. The number of aryl methyl sites for hydroxylation is 1. The summed E-state index contributed by atoms with van der Waals surface area (Å²) in [6, 6.07) is 1.73. The third kappa shape index (κ3) is 3.59. The van der Waals surface area contributed by atoms with Crippen LogP contribution in [-0.2, 0) is 9.53 Å². The number of rotatable bonds is 4. The van der Waals surface area contributed by atoms with Crippen LogP contribution in [0.5, 0.6) is 0 Å². The molecule has 0 saturated heterocycles. The third-order valence-electron chi connectivity index (χ3n) is 1.93. The molecule has 0 aromatic carbocycles. The molecule has 2 N–H and O–H groups in total. The summed E-state index contributed by atoms with van der Waals surface area (Å²) in [6.07, 6.45) is 0.236. The Kier molecular flexibility index (Phi) is 4.76. The van der Waals surface area contributed by atoms with Crippen LogP contribution in [0.1, 0.15) is 29.8 Å². The van der Waals surface area contributed by atoms with Crippen molar-refractivity contribution in [1.82, 2.24) is 0 Å². The van der Waals surface area contributed by atoms with E-state index in [-0.39, 0.29) is 18.4 Å². The van der Waals surface area contributed by atoms with E-state index < -0.39 is 0 Å². The number of carbonyl (C=O) groups excluding carboxylic acids is 1. The second kappa shape index (κ2) is 5.63. The van der Waals surface area contributed by atoms with E-state index in [1.165, 1.54) is 0 Å². The quantitative estimate of drug-likeness (QED) is 0.868. The van der Waals surface area contributed by atoms with Crippen LogP contribution in [-0.4, -0.2) is 12.6 Å². The molecule has 3 nitrogen and oxygen atoms in total. The fourth-order valence-corrected chi connectivity index (χ4v) is 2.74. The van der Waals surface area contributed by atoms with Gasteiger partial charge in [-0.25, -0.2) is 0 Å². The number of hydrogen-bond acceptors (Lipinski definition) is 4. The zero-order valence-corrected chi connectivity index (χ0v) is 11.2. The first-order chi connectivity index (χ1) is 7.04. The number of esters is 1. The highest BCUT2D eigenvalue weighted by Gasteiger charge is 2.15. The highest BCUT2D eigenvalue weighted by molar-refractivity contribution is 9.11. The molecule has 0 saturated carbocycles. The van der Waals surface area contributed by atoms with E-state index in [9.17, 15) is 4.79 Å². The molecule has 0 bridgehead atoms. The maximum Gasteiger partial charge on any atom is 0.307 e. The average Bonchev–Trinajstić information content (AvgIpc) is 2.47. The van der Waals surface area contributed by atoms with E-state index in [0.29, 0.717) is 6.61 Å². The molecule has 0 aliphatic carbocycles. The molecule has 0 radical (unpaired) electrons. The van der Waals surface area contributed by atoms with Crippen LogP contribution in [0.15, 0.2) is 9.85 Å². The molecule has 0 unspecified atom stereocenters. The number of ether oxygens (including phenoxy) is 1. The molecule has 1 rings (SSSR count). The first kappa shape index (κ1) is 12.7. The van der Waals surface area contributed by atoms with Crippen LogP contribution in [0.4, 0.5) is 0 Å². The second-order valence-electron chi connectivity index (χ2n) is 3.22. The minimum absolute atomic E-state index is 0.236. The molecule has 0 aliphatic rings. The standard InChI is InChI=1S/C10H14BrNO2S/c1-3-14-9(13)5-7(12)8-4-6(2)10(11)15-8/h4,7H,3,5,12H2,1-2H3/t7-/m0/s1. The summed E-state index contributed by atoms with van der Waals surface area (Å²) < 4.78 is 5.91. The van der Waals surface area contributed by atoms with Crippen molar-refractivity contribution in [3.63, 3.8) is 0 Å². The Balaban J connectivity index is 2.60. The van der Waals surface area contributed by atoms with Crippen molar-refractivity contribution in [2.24, 2.45) is 5.73 Å². The van der Waals surface area contributed by atoms with Gasteiger partial charge in [0.25, 0.3) is 0 Å². The van der Waals surface area contributed by atoms with E-state index in [1.54, 1.807) is 18.3 Å². The van der Waals surface area contributed by atoms with Gasteiger partial charge in [-0.1, -0.05) is 0 Å². The summed E-state index contributed by atoms with van der Waals surface area (Å²) in [4.78, 5) is 12.2. The molecular weight excluding hydrogens is 278 g/mol. The van der Waals surface area contributed by atoms with Gasteiger partial charge in [-0.05, 0) is 41.4 Å². The molecule has 0 fully saturated rings. The molecule has 1 atom stereocenters. The summed E-state index contributed by atoms with van der Waals surface area (Å²) in [5, 5.41) is 0. The molecule has 0 amide bonds. The van der Waals surface area contributed by atoms with Crippen LogP contribution >= 0.6 is 27.3 Å². The molecule has 1 aromatic heterocycles. The monoisotopic (exact) mass is 291 g/mol. The van der Waals surface area contributed by atoms with E-state index in [0.717, 1.165) is 14.2 Å². The Bertz CT molecular complexity index is 332.